The first-order chi connectivity index (χ1) is 8.66. The maximum atomic E-state index is 10.9. The summed E-state index contributed by atoms with van der Waals surface area (Å²) in [6.45, 7) is 0. The van der Waals surface area contributed by atoms with Crippen LogP contribution in [0.4, 0.5) is 0 Å². The summed E-state index contributed by atoms with van der Waals surface area (Å²) in [5.74, 6) is -0.897. The fourth-order valence-electron chi connectivity index (χ4n) is 2.56. The first-order valence-corrected chi connectivity index (χ1v) is 6.14. The Bertz CT molecular complexity index is 608. The van der Waals surface area contributed by atoms with E-state index in [9.17, 15) is 4.79 Å². The van der Waals surface area contributed by atoms with Crippen molar-refractivity contribution in [3.05, 3.63) is 48.0 Å². The third-order valence-electron chi connectivity index (χ3n) is 3.78. The monoisotopic (exact) mass is 241 g/mol. The van der Waals surface area contributed by atoms with Gasteiger partial charge in [-0.15, -0.1) is 0 Å². The molecule has 0 aliphatic heterocycles. The fraction of sp³-hybridized carbons (Fsp3) is 0.267. The van der Waals surface area contributed by atoms with E-state index in [4.69, 9.17) is 10.8 Å². The van der Waals surface area contributed by atoms with Crippen LogP contribution in [0.1, 0.15) is 18.0 Å². The quantitative estimate of drug-likeness (QED) is 0.868. The number of carboxylic acids is 1. The fourth-order valence-corrected chi connectivity index (χ4v) is 2.56. The summed E-state index contributed by atoms with van der Waals surface area (Å²) in [4.78, 5) is 10.9. The molecule has 1 aliphatic carbocycles. The average Bonchev–Trinajstić information content (AvgIpc) is 3.17. The number of benzene rings is 2. The number of aliphatic carboxylic acids is 1. The zero-order chi connectivity index (χ0) is 12.7. The van der Waals surface area contributed by atoms with E-state index in [1.165, 1.54) is 5.39 Å². The van der Waals surface area contributed by atoms with Gasteiger partial charge in [0, 0.05) is 6.04 Å². The second-order valence-corrected chi connectivity index (χ2v) is 4.98. The van der Waals surface area contributed by atoms with Gasteiger partial charge in [0.2, 0.25) is 0 Å². The highest BCUT2D eigenvalue weighted by Gasteiger charge is 2.47. The lowest BCUT2D eigenvalue weighted by Crippen LogP contribution is -2.15. The summed E-state index contributed by atoms with van der Waals surface area (Å²) in [5.41, 5.74) is 7.19. The maximum Gasteiger partial charge on any atom is 0.306 e. The summed E-state index contributed by atoms with van der Waals surface area (Å²) in [6.07, 6.45) is 0.698. The summed E-state index contributed by atoms with van der Waals surface area (Å²) in [7, 11) is 0. The van der Waals surface area contributed by atoms with E-state index in [1.54, 1.807) is 0 Å². The maximum absolute atomic E-state index is 10.9. The Labute approximate surface area is 105 Å². The molecule has 0 bridgehead atoms. The third-order valence-corrected chi connectivity index (χ3v) is 3.78. The van der Waals surface area contributed by atoms with E-state index >= 15 is 0 Å². The van der Waals surface area contributed by atoms with Crippen LogP contribution in [0.25, 0.3) is 10.8 Å². The molecule has 3 atom stereocenters. The molecule has 1 aliphatic rings. The summed E-state index contributed by atoms with van der Waals surface area (Å²) in [6, 6.07) is 14.0. The van der Waals surface area contributed by atoms with E-state index in [0.29, 0.717) is 6.42 Å². The standard InChI is InChI=1S/C15H15NO2/c16-14(12-8-13(12)15(17)18)11-6-5-9-3-1-2-4-10(9)7-11/h1-7,12-14H,8,16H2,(H,17,18). The zero-order valence-corrected chi connectivity index (χ0v) is 9.91. The molecule has 0 aromatic heterocycles. The Morgan fingerprint density at radius 2 is 1.94 bits per heavy atom. The van der Waals surface area contributed by atoms with Crippen LogP contribution in [-0.2, 0) is 4.79 Å². The van der Waals surface area contributed by atoms with Crippen LogP contribution in [-0.4, -0.2) is 11.1 Å². The number of carbonyl (C=O) groups is 1. The van der Waals surface area contributed by atoms with Crippen molar-refractivity contribution < 1.29 is 9.90 Å². The molecular weight excluding hydrogens is 226 g/mol. The molecule has 0 heterocycles. The van der Waals surface area contributed by atoms with Gasteiger partial charge in [-0.25, -0.2) is 0 Å². The van der Waals surface area contributed by atoms with Crippen LogP contribution in [0.2, 0.25) is 0 Å². The van der Waals surface area contributed by atoms with E-state index in [-0.39, 0.29) is 17.9 Å². The van der Waals surface area contributed by atoms with Crippen molar-refractivity contribution in [1.82, 2.24) is 0 Å². The molecule has 3 nitrogen and oxygen atoms in total. The van der Waals surface area contributed by atoms with Gasteiger partial charge in [0.15, 0.2) is 0 Å². The van der Waals surface area contributed by atoms with Gasteiger partial charge in [-0.3, -0.25) is 4.79 Å². The van der Waals surface area contributed by atoms with Crippen molar-refractivity contribution in [2.75, 3.05) is 0 Å². The average molecular weight is 241 g/mol. The molecule has 18 heavy (non-hydrogen) atoms. The number of hydrogen-bond acceptors (Lipinski definition) is 2. The minimum Gasteiger partial charge on any atom is -0.481 e. The Morgan fingerprint density at radius 1 is 1.22 bits per heavy atom. The van der Waals surface area contributed by atoms with Crippen molar-refractivity contribution in [3.8, 4) is 0 Å². The largest absolute Gasteiger partial charge is 0.481 e. The molecule has 0 saturated heterocycles. The van der Waals surface area contributed by atoms with Gasteiger partial charge in [-0.2, -0.15) is 0 Å². The lowest BCUT2D eigenvalue weighted by atomic mass is 9.98. The van der Waals surface area contributed by atoms with Crippen LogP contribution in [0, 0.1) is 11.8 Å². The molecule has 3 heteroatoms. The summed E-state index contributed by atoms with van der Waals surface area (Å²) < 4.78 is 0. The van der Waals surface area contributed by atoms with Gasteiger partial charge in [0.1, 0.15) is 0 Å². The van der Waals surface area contributed by atoms with Crippen molar-refractivity contribution in [3.63, 3.8) is 0 Å². The molecule has 0 amide bonds. The van der Waals surface area contributed by atoms with Gasteiger partial charge in [0.05, 0.1) is 5.92 Å². The molecule has 0 radical (unpaired) electrons. The normalized spacial score (nSPS) is 23.8. The highest BCUT2D eigenvalue weighted by molar-refractivity contribution is 5.83. The number of fused-ring (bicyclic) bond motifs is 1. The van der Waals surface area contributed by atoms with Crippen molar-refractivity contribution in [2.45, 2.75) is 12.5 Å². The van der Waals surface area contributed by atoms with Gasteiger partial charge in [0.25, 0.3) is 0 Å². The van der Waals surface area contributed by atoms with Crippen LogP contribution >= 0.6 is 0 Å². The number of carboxylic acid groups (broad SMARTS) is 1. The van der Waals surface area contributed by atoms with Gasteiger partial charge in [-0.05, 0) is 34.7 Å². The molecule has 92 valence electrons. The first-order valence-electron chi connectivity index (χ1n) is 6.14. The predicted molar refractivity (Wildman–Crippen MR) is 70.1 cm³/mol. The van der Waals surface area contributed by atoms with Crippen LogP contribution in [0.15, 0.2) is 42.5 Å². The Hall–Kier alpha value is -1.87. The lowest BCUT2D eigenvalue weighted by Gasteiger charge is -2.12. The van der Waals surface area contributed by atoms with Crippen LogP contribution < -0.4 is 5.73 Å². The number of rotatable bonds is 3. The Balaban J connectivity index is 1.88. The SMILES string of the molecule is NC(c1ccc2ccccc2c1)C1CC1C(=O)O. The third kappa shape index (κ3) is 1.87. The number of hydrogen-bond donors (Lipinski definition) is 2. The Morgan fingerprint density at radius 3 is 2.61 bits per heavy atom. The van der Waals surface area contributed by atoms with Gasteiger partial charge < -0.3 is 10.8 Å². The van der Waals surface area contributed by atoms with E-state index in [0.717, 1.165) is 10.9 Å². The lowest BCUT2D eigenvalue weighted by molar-refractivity contribution is -0.138. The van der Waals surface area contributed by atoms with Crippen LogP contribution in [0.3, 0.4) is 0 Å². The first kappa shape index (κ1) is 11.2. The highest BCUT2D eigenvalue weighted by Crippen LogP contribution is 2.46. The molecule has 3 N–H and O–H groups in total. The summed E-state index contributed by atoms with van der Waals surface area (Å²) >= 11 is 0. The van der Waals surface area contributed by atoms with E-state index in [1.807, 2.05) is 30.3 Å². The van der Waals surface area contributed by atoms with E-state index < -0.39 is 5.97 Å². The minimum atomic E-state index is -0.726. The zero-order valence-electron chi connectivity index (χ0n) is 9.91. The topological polar surface area (TPSA) is 63.3 Å². The number of nitrogens with two attached hydrogens (primary N) is 1. The second kappa shape index (κ2) is 4.10. The molecular formula is C15H15NO2. The molecule has 3 rings (SSSR count). The van der Waals surface area contributed by atoms with E-state index in [2.05, 4.69) is 12.1 Å². The van der Waals surface area contributed by atoms with Crippen molar-refractivity contribution in [1.29, 1.82) is 0 Å². The minimum absolute atomic E-state index is 0.0867. The molecule has 2 aromatic rings. The van der Waals surface area contributed by atoms with Crippen molar-refractivity contribution in [2.24, 2.45) is 17.6 Å². The van der Waals surface area contributed by atoms with Gasteiger partial charge in [-0.1, -0.05) is 36.4 Å². The molecule has 0 spiro atoms. The smallest absolute Gasteiger partial charge is 0.306 e. The van der Waals surface area contributed by atoms with Crippen molar-refractivity contribution >= 4 is 16.7 Å². The molecule has 1 saturated carbocycles. The second-order valence-electron chi connectivity index (χ2n) is 4.98. The van der Waals surface area contributed by atoms with Crippen LogP contribution in [0.5, 0.6) is 0 Å². The Kier molecular flexibility index (Phi) is 2.56. The molecule has 1 fully saturated rings. The predicted octanol–water partition coefficient (Wildman–Crippen LogP) is 2.56. The molecule has 3 unspecified atom stereocenters. The summed E-state index contributed by atoms with van der Waals surface area (Å²) in [5, 5.41) is 11.3. The van der Waals surface area contributed by atoms with Gasteiger partial charge >= 0.3 is 5.97 Å². The molecule has 2 aromatic carbocycles. The highest BCUT2D eigenvalue weighted by atomic mass is 16.4.